The van der Waals surface area contributed by atoms with Crippen molar-refractivity contribution in [2.75, 3.05) is 4.72 Å². The predicted molar refractivity (Wildman–Crippen MR) is 93.4 cm³/mol. The lowest BCUT2D eigenvalue weighted by Gasteiger charge is -2.11. The molecule has 0 saturated carbocycles. The molecule has 0 atom stereocenters. The van der Waals surface area contributed by atoms with Crippen molar-refractivity contribution < 1.29 is 12.8 Å². The SMILES string of the molecule is Cc1ccc(NS(=O)(=O)c2ccc(-c3cnc(C)o3)cc2)c(C)c1. The third kappa shape index (κ3) is 3.33. The first-order valence-electron chi connectivity index (χ1n) is 7.48. The molecule has 5 nitrogen and oxygen atoms in total. The van der Waals surface area contributed by atoms with Gasteiger partial charge in [-0.25, -0.2) is 13.4 Å². The Morgan fingerprint density at radius 3 is 2.29 bits per heavy atom. The van der Waals surface area contributed by atoms with E-state index in [1.807, 2.05) is 26.0 Å². The van der Waals surface area contributed by atoms with Gasteiger partial charge in [0.25, 0.3) is 10.0 Å². The Bertz CT molecular complexity index is 974. The molecule has 0 unspecified atom stereocenters. The van der Waals surface area contributed by atoms with E-state index in [-0.39, 0.29) is 4.90 Å². The van der Waals surface area contributed by atoms with Gasteiger partial charge in [0.1, 0.15) is 0 Å². The maximum atomic E-state index is 12.5. The summed E-state index contributed by atoms with van der Waals surface area (Å²) in [5.41, 5.74) is 3.33. The van der Waals surface area contributed by atoms with Crippen LogP contribution in [0.2, 0.25) is 0 Å². The minimum atomic E-state index is -3.64. The molecule has 0 spiro atoms. The lowest BCUT2D eigenvalue weighted by atomic mass is 10.1. The Morgan fingerprint density at radius 2 is 1.71 bits per heavy atom. The van der Waals surface area contributed by atoms with Crippen LogP contribution in [0.3, 0.4) is 0 Å². The molecule has 1 N–H and O–H groups in total. The number of hydrogen-bond acceptors (Lipinski definition) is 4. The third-order valence-electron chi connectivity index (χ3n) is 3.70. The van der Waals surface area contributed by atoms with Gasteiger partial charge in [-0.2, -0.15) is 0 Å². The molecule has 0 saturated heterocycles. The van der Waals surface area contributed by atoms with Crippen LogP contribution in [0.25, 0.3) is 11.3 Å². The van der Waals surface area contributed by atoms with Crippen molar-refractivity contribution in [2.45, 2.75) is 25.7 Å². The summed E-state index contributed by atoms with van der Waals surface area (Å²) < 4.78 is 33.2. The Morgan fingerprint density at radius 1 is 1.00 bits per heavy atom. The maximum Gasteiger partial charge on any atom is 0.261 e. The van der Waals surface area contributed by atoms with Crippen LogP contribution in [0.4, 0.5) is 5.69 Å². The molecular formula is C18H18N2O3S. The van der Waals surface area contributed by atoms with E-state index in [2.05, 4.69) is 9.71 Å². The average molecular weight is 342 g/mol. The zero-order chi connectivity index (χ0) is 17.3. The van der Waals surface area contributed by atoms with Gasteiger partial charge in [0.05, 0.1) is 16.8 Å². The normalized spacial score (nSPS) is 11.5. The van der Waals surface area contributed by atoms with Crippen molar-refractivity contribution in [2.24, 2.45) is 0 Å². The van der Waals surface area contributed by atoms with E-state index < -0.39 is 10.0 Å². The van der Waals surface area contributed by atoms with Gasteiger partial charge in [-0.05, 0) is 49.7 Å². The first kappa shape index (κ1) is 16.3. The minimum Gasteiger partial charge on any atom is -0.441 e. The Kier molecular flexibility index (Phi) is 4.15. The van der Waals surface area contributed by atoms with Crippen LogP contribution in [0, 0.1) is 20.8 Å². The van der Waals surface area contributed by atoms with Gasteiger partial charge >= 0.3 is 0 Å². The summed E-state index contributed by atoms with van der Waals surface area (Å²) in [6.07, 6.45) is 1.62. The van der Waals surface area contributed by atoms with Gasteiger partial charge in [-0.15, -0.1) is 0 Å². The van der Waals surface area contributed by atoms with Crippen LogP contribution in [0.5, 0.6) is 0 Å². The zero-order valence-corrected chi connectivity index (χ0v) is 14.5. The van der Waals surface area contributed by atoms with Crippen molar-refractivity contribution in [3.8, 4) is 11.3 Å². The molecule has 124 valence electrons. The van der Waals surface area contributed by atoms with Crippen molar-refractivity contribution in [1.29, 1.82) is 0 Å². The lowest BCUT2D eigenvalue weighted by Crippen LogP contribution is -2.13. The Balaban J connectivity index is 1.87. The summed E-state index contributed by atoms with van der Waals surface area (Å²) in [5, 5.41) is 0. The van der Waals surface area contributed by atoms with Crippen LogP contribution < -0.4 is 4.72 Å². The fourth-order valence-electron chi connectivity index (χ4n) is 2.42. The van der Waals surface area contributed by atoms with Crippen LogP contribution >= 0.6 is 0 Å². The number of nitrogens with zero attached hydrogens (tertiary/aromatic N) is 1. The van der Waals surface area contributed by atoms with Gasteiger partial charge < -0.3 is 4.42 Å². The summed E-state index contributed by atoms with van der Waals surface area (Å²) in [5.74, 6) is 1.18. The van der Waals surface area contributed by atoms with E-state index >= 15 is 0 Å². The van der Waals surface area contributed by atoms with Crippen molar-refractivity contribution in [3.63, 3.8) is 0 Å². The summed E-state index contributed by atoms with van der Waals surface area (Å²) in [7, 11) is -3.64. The van der Waals surface area contributed by atoms with E-state index in [1.165, 1.54) is 0 Å². The molecule has 0 aliphatic carbocycles. The van der Waals surface area contributed by atoms with E-state index in [9.17, 15) is 8.42 Å². The van der Waals surface area contributed by atoms with Gasteiger partial charge in [-0.1, -0.05) is 17.7 Å². The maximum absolute atomic E-state index is 12.5. The largest absolute Gasteiger partial charge is 0.441 e. The summed E-state index contributed by atoms with van der Waals surface area (Å²) in [4.78, 5) is 4.24. The van der Waals surface area contributed by atoms with Crippen LogP contribution in [0.15, 0.2) is 58.0 Å². The number of aryl methyl sites for hydroxylation is 3. The number of sulfonamides is 1. The van der Waals surface area contributed by atoms with Crippen LogP contribution in [0.1, 0.15) is 17.0 Å². The molecule has 6 heteroatoms. The van der Waals surface area contributed by atoms with Crippen molar-refractivity contribution in [3.05, 3.63) is 65.7 Å². The standard InChI is InChI=1S/C18H18N2O3S/c1-12-4-9-17(13(2)10-12)20-24(21,22)16-7-5-15(6-8-16)18-11-19-14(3)23-18/h4-11,20H,1-3H3. The van der Waals surface area contributed by atoms with Gasteiger partial charge in [-0.3, -0.25) is 4.72 Å². The quantitative estimate of drug-likeness (QED) is 0.776. The first-order chi connectivity index (χ1) is 11.3. The second kappa shape index (κ2) is 6.13. The second-order valence-electron chi connectivity index (χ2n) is 5.69. The zero-order valence-electron chi connectivity index (χ0n) is 13.7. The molecule has 3 aromatic rings. The lowest BCUT2D eigenvalue weighted by molar-refractivity contribution is 0.534. The molecule has 1 heterocycles. The van der Waals surface area contributed by atoms with Gasteiger partial charge in [0.2, 0.25) is 0 Å². The van der Waals surface area contributed by atoms with Crippen molar-refractivity contribution >= 4 is 15.7 Å². The fraction of sp³-hybridized carbons (Fsp3) is 0.167. The van der Waals surface area contributed by atoms with E-state index in [0.29, 0.717) is 17.3 Å². The summed E-state index contributed by atoms with van der Waals surface area (Å²) in [6.45, 7) is 5.60. The van der Waals surface area contributed by atoms with Crippen LogP contribution in [-0.4, -0.2) is 13.4 Å². The topological polar surface area (TPSA) is 72.2 Å². The highest BCUT2D eigenvalue weighted by atomic mass is 32.2. The first-order valence-corrected chi connectivity index (χ1v) is 8.96. The van der Waals surface area contributed by atoms with E-state index in [1.54, 1.807) is 43.5 Å². The molecule has 0 bridgehead atoms. The highest BCUT2D eigenvalue weighted by molar-refractivity contribution is 7.92. The van der Waals surface area contributed by atoms with E-state index in [0.717, 1.165) is 16.7 Å². The fourth-order valence-corrected chi connectivity index (χ4v) is 3.56. The van der Waals surface area contributed by atoms with Gasteiger partial charge in [0.15, 0.2) is 11.7 Å². The molecule has 0 aliphatic heterocycles. The summed E-state index contributed by atoms with van der Waals surface area (Å²) >= 11 is 0. The second-order valence-corrected chi connectivity index (χ2v) is 7.37. The molecule has 3 rings (SSSR count). The molecule has 2 aromatic carbocycles. The number of aromatic nitrogens is 1. The number of anilines is 1. The molecule has 0 amide bonds. The molecular weight excluding hydrogens is 324 g/mol. The molecule has 0 radical (unpaired) electrons. The molecule has 1 aromatic heterocycles. The van der Waals surface area contributed by atoms with Crippen LogP contribution in [-0.2, 0) is 10.0 Å². The monoisotopic (exact) mass is 342 g/mol. The van der Waals surface area contributed by atoms with Gasteiger partial charge in [0, 0.05) is 12.5 Å². The van der Waals surface area contributed by atoms with E-state index in [4.69, 9.17) is 4.42 Å². The Hall–Kier alpha value is -2.60. The highest BCUT2D eigenvalue weighted by Gasteiger charge is 2.16. The smallest absolute Gasteiger partial charge is 0.261 e. The minimum absolute atomic E-state index is 0.197. The molecule has 0 fully saturated rings. The number of rotatable bonds is 4. The summed E-state index contributed by atoms with van der Waals surface area (Å²) in [6, 6.07) is 12.1. The number of oxazole rings is 1. The predicted octanol–water partition coefficient (Wildman–Crippen LogP) is 4.07. The number of nitrogens with one attached hydrogen (secondary N) is 1. The average Bonchev–Trinajstić information content (AvgIpc) is 2.97. The number of benzene rings is 2. The highest BCUT2D eigenvalue weighted by Crippen LogP contribution is 2.24. The van der Waals surface area contributed by atoms with Crippen molar-refractivity contribution in [1.82, 2.24) is 4.98 Å². The molecule has 24 heavy (non-hydrogen) atoms. The molecule has 0 aliphatic rings. The number of hydrogen-bond donors (Lipinski definition) is 1. The third-order valence-corrected chi connectivity index (χ3v) is 5.08. The Labute approximate surface area is 141 Å².